The average molecular weight is 193 g/mol. The SMILES string of the molecule is [c]1cccc(-c2cccc3[nH]ncc23)c1. The van der Waals surface area contributed by atoms with Crippen LogP contribution in [0.15, 0.2) is 48.7 Å². The van der Waals surface area contributed by atoms with Gasteiger partial charge < -0.3 is 0 Å². The Hall–Kier alpha value is -2.09. The van der Waals surface area contributed by atoms with Crippen LogP contribution in [0.5, 0.6) is 0 Å². The van der Waals surface area contributed by atoms with E-state index < -0.39 is 0 Å². The van der Waals surface area contributed by atoms with Crippen molar-refractivity contribution in [3.8, 4) is 11.1 Å². The van der Waals surface area contributed by atoms with Crippen LogP contribution in [0.4, 0.5) is 0 Å². The molecule has 15 heavy (non-hydrogen) atoms. The fraction of sp³-hybridized carbons (Fsp3) is 0. The molecule has 0 aliphatic rings. The number of benzene rings is 2. The van der Waals surface area contributed by atoms with Crippen molar-refractivity contribution in [2.45, 2.75) is 0 Å². The highest BCUT2D eigenvalue weighted by Gasteiger charge is 2.03. The zero-order valence-electron chi connectivity index (χ0n) is 8.07. The summed E-state index contributed by atoms with van der Waals surface area (Å²) in [5.74, 6) is 0. The molecule has 0 atom stereocenters. The van der Waals surface area contributed by atoms with Crippen molar-refractivity contribution in [1.82, 2.24) is 10.2 Å². The number of nitrogens with one attached hydrogen (secondary N) is 1. The molecule has 0 bridgehead atoms. The summed E-state index contributed by atoms with van der Waals surface area (Å²) in [5, 5.41) is 8.17. The first-order valence-corrected chi connectivity index (χ1v) is 4.84. The Kier molecular flexibility index (Phi) is 1.78. The second kappa shape index (κ2) is 3.24. The van der Waals surface area contributed by atoms with Crippen molar-refractivity contribution < 1.29 is 0 Å². The van der Waals surface area contributed by atoms with Crippen LogP contribution in [0.1, 0.15) is 0 Å². The van der Waals surface area contributed by atoms with E-state index in [0.29, 0.717) is 0 Å². The van der Waals surface area contributed by atoms with Crippen LogP contribution < -0.4 is 0 Å². The normalized spacial score (nSPS) is 10.7. The van der Waals surface area contributed by atoms with Crippen molar-refractivity contribution in [2.24, 2.45) is 0 Å². The molecule has 1 heterocycles. The largest absolute Gasteiger partial charge is 0.278 e. The van der Waals surface area contributed by atoms with E-state index in [-0.39, 0.29) is 0 Å². The van der Waals surface area contributed by atoms with E-state index in [1.807, 2.05) is 36.5 Å². The average Bonchev–Trinajstić information content (AvgIpc) is 2.78. The molecule has 0 aliphatic carbocycles. The number of aromatic amines is 1. The van der Waals surface area contributed by atoms with E-state index >= 15 is 0 Å². The van der Waals surface area contributed by atoms with Gasteiger partial charge in [-0.2, -0.15) is 5.10 Å². The molecular weight excluding hydrogens is 184 g/mol. The number of nitrogens with zero attached hydrogens (tertiary/aromatic N) is 1. The van der Waals surface area contributed by atoms with Gasteiger partial charge in [0.15, 0.2) is 0 Å². The number of H-pyrrole nitrogens is 1. The van der Waals surface area contributed by atoms with Crippen LogP contribution in [0.25, 0.3) is 22.0 Å². The molecule has 0 fully saturated rings. The van der Waals surface area contributed by atoms with Crippen molar-refractivity contribution in [3.63, 3.8) is 0 Å². The van der Waals surface area contributed by atoms with Crippen LogP contribution in [0.3, 0.4) is 0 Å². The number of fused-ring (bicyclic) bond motifs is 1. The van der Waals surface area contributed by atoms with Crippen LogP contribution >= 0.6 is 0 Å². The van der Waals surface area contributed by atoms with Gasteiger partial charge in [-0.05, 0) is 29.3 Å². The standard InChI is InChI=1S/C13H9N2/c1-2-5-10(6-3-1)11-7-4-8-13-12(11)9-14-15-13/h1-2,4-9H,(H,14,15). The first-order chi connectivity index (χ1) is 7.45. The quantitative estimate of drug-likeness (QED) is 0.632. The molecule has 1 N–H and O–H groups in total. The summed E-state index contributed by atoms with van der Waals surface area (Å²) in [6.07, 6.45) is 1.86. The van der Waals surface area contributed by atoms with Gasteiger partial charge in [0.25, 0.3) is 0 Å². The number of hydrogen-bond donors (Lipinski definition) is 1. The smallest absolute Gasteiger partial charge is 0.0656 e. The van der Waals surface area contributed by atoms with Gasteiger partial charge in [0.1, 0.15) is 0 Å². The molecule has 2 nitrogen and oxygen atoms in total. The third-order valence-corrected chi connectivity index (χ3v) is 2.50. The summed E-state index contributed by atoms with van der Waals surface area (Å²) in [4.78, 5) is 0. The Morgan fingerprint density at radius 1 is 1.13 bits per heavy atom. The molecule has 2 heteroatoms. The lowest BCUT2D eigenvalue weighted by atomic mass is 10.0. The maximum Gasteiger partial charge on any atom is 0.0656 e. The minimum atomic E-state index is 1.07. The van der Waals surface area contributed by atoms with Crippen LogP contribution in [-0.2, 0) is 0 Å². The molecule has 1 aromatic heterocycles. The topological polar surface area (TPSA) is 28.7 Å². The predicted octanol–water partition coefficient (Wildman–Crippen LogP) is 3.03. The Morgan fingerprint density at radius 2 is 2.13 bits per heavy atom. The van der Waals surface area contributed by atoms with E-state index in [0.717, 1.165) is 10.9 Å². The molecule has 1 radical (unpaired) electrons. The highest BCUT2D eigenvalue weighted by molar-refractivity contribution is 5.94. The number of rotatable bonds is 1. The van der Waals surface area contributed by atoms with Crippen LogP contribution in [0.2, 0.25) is 0 Å². The number of aromatic nitrogens is 2. The lowest BCUT2D eigenvalue weighted by Crippen LogP contribution is -1.77. The Balaban J connectivity index is 2.31. The minimum absolute atomic E-state index is 1.07. The lowest BCUT2D eigenvalue weighted by Gasteiger charge is -2.01. The van der Waals surface area contributed by atoms with Gasteiger partial charge in [0.2, 0.25) is 0 Å². The van der Waals surface area contributed by atoms with Crippen LogP contribution in [-0.4, -0.2) is 10.2 Å². The molecule has 0 saturated heterocycles. The zero-order chi connectivity index (χ0) is 10.1. The number of hydrogen-bond acceptors (Lipinski definition) is 1. The van der Waals surface area contributed by atoms with Crippen molar-refractivity contribution >= 4 is 10.9 Å². The molecule has 71 valence electrons. The molecule has 3 aromatic rings. The van der Waals surface area contributed by atoms with E-state index in [9.17, 15) is 0 Å². The highest BCUT2D eigenvalue weighted by atomic mass is 15.1. The summed E-state index contributed by atoms with van der Waals surface area (Å²) < 4.78 is 0. The predicted molar refractivity (Wildman–Crippen MR) is 60.4 cm³/mol. The molecule has 0 amide bonds. The molecule has 0 spiro atoms. The first-order valence-electron chi connectivity index (χ1n) is 4.84. The van der Waals surface area contributed by atoms with Crippen LogP contribution in [0, 0.1) is 6.07 Å². The second-order valence-electron chi connectivity index (χ2n) is 3.43. The Labute approximate surface area is 87.6 Å². The maximum atomic E-state index is 4.05. The monoisotopic (exact) mass is 193 g/mol. The summed E-state index contributed by atoms with van der Waals surface area (Å²) in [5.41, 5.74) is 3.43. The Morgan fingerprint density at radius 3 is 3.00 bits per heavy atom. The third kappa shape index (κ3) is 1.31. The van der Waals surface area contributed by atoms with E-state index in [1.165, 1.54) is 11.1 Å². The van der Waals surface area contributed by atoms with Gasteiger partial charge >= 0.3 is 0 Å². The summed E-state index contributed by atoms with van der Waals surface area (Å²) in [6.45, 7) is 0. The molecule has 0 saturated carbocycles. The summed E-state index contributed by atoms with van der Waals surface area (Å²) >= 11 is 0. The van der Waals surface area contributed by atoms with Gasteiger partial charge in [-0.25, -0.2) is 0 Å². The molecule has 3 rings (SSSR count). The van der Waals surface area contributed by atoms with Gasteiger partial charge in [-0.15, -0.1) is 0 Å². The van der Waals surface area contributed by atoms with Gasteiger partial charge in [0.05, 0.1) is 11.7 Å². The van der Waals surface area contributed by atoms with E-state index in [2.05, 4.69) is 28.4 Å². The van der Waals surface area contributed by atoms with Crippen molar-refractivity contribution in [3.05, 3.63) is 54.7 Å². The third-order valence-electron chi connectivity index (χ3n) is 2.50. The molecular formula is C13H9N2. The van der Waals surface area contributed by atoms with Gasteiger partial charge in [-0.3, -0.25) is 5.10 Å². The first kappa shape index (κ1) is 8.24. The van der Waals surface area contributed by atoms with Crippen molar-refractivity contribution in [2.75, 3.05) is 0 Å². The fourth-order valence-electron chi connectivity index (χ4n) is 1.78. The molecule has 2 aromatic carbocycles. The molecule has 0 unspecified atom stereocenters. The Bertz CT molecular complexity index is 582. The summed E-state index contributed by atoms with van der Waals surface area (Å²) in [6, 6.07) is 17.2. The lowest BCUT2D eigenvalue weighted by molar-refractivity contribution is 1.12. The molecule has 0 aliphatic heterocycles. The highest BCUT2D eigenvalue weighted by Crippen LogP contribution is 2.26. The zero-order valence-corrected chi connectivity index (χ0v) is 8.07. The van der Waals surface area contributed by atoms with Gasteiger partial charge in [0, 0.05) is 5.39 Å². The summed E-state index contributed by atoms with van der Waals surface area (Å²) in [7, 11) is 0. The second-order valence-corrected chi connectivity index (χ2v) is 3.43. The fourth-order valence-corrected chi connectivity index (χ4v) is 1.78. The minimum Gasteiger partial charge on any atom is -0.278 e. The van der Waals surface area contributed by atoms with E-state index in [4.69, 9.17) is 0 Å². The van der Waals surface area contributed by atoms with Crippen molar-refractivity contribution in [1.29, 1.82) is 0 Å². The van der Waals surface area contributed by atoms with E-state index in [1.54, 1.807) is 0 Å². The van der Waals surface area contributed by atoms with Gasteiger partial charge in [-0.1, -0.05) is 30.3 Å². The maximum absolute atomic E-state index is 4.05.